The molecular formula is C17H22FN5O. The van der Waals surface area contributed by atoms with Crippen LogP contribution < -0.4 is 16.0 Å². The minimum atomic E-state index is -0.289. The molecule has 0 fully saturated rings. The molecule has 1 amide bonds. The van der Waals surface area contributed by atoms with E-state index in [1.807, 2.05) is 10.7 Å². The Morgan fingerprint density at radius 3 is 2.96 bits per heavy atom. The number of carbonyl (C=O) groups excluding carboxylic acids is 1. The van der Waals surface area contributed by atoms with Crippen molar-refractivity contribution in [3.63, 3.8) is 0 Å². The second-order valence-corrected chi connectivity index (χ2v) is 6.00. The van der Waals surface area contributed by atoms with Crippen LogP contribution in [-0.4, -0.2) is 41.9 Å². The third kappa shape index (κ3) is 4.55. The lowest BCUT2D eigenvalue weighted by Gasteiger charge is -2.25. The fourth-order valence-electron chi connectivity index (χ4n) is 2.77. The van der Waals surface area contributed by atoms with Gasteiger partial charge in [-0.05, 0) is 17.7 Å². The maximum absolute atomic E-state index is 12.8. The van der Waals surface area contributed by atoms with E-state index in [4.69, 9.17) is 0 Å². The van der Waals surface area contributed by atoms with E-state index in [2.05, 4.69) is 21.0 Å². The number of hydrogen-bond donors (Lipinski definition) is 3. The molecule has 1 atom stereocenters. The Kier molecular flexibility index (Phi) is 5.43. The van der Waals surface area contributed by atoms with E-state index in [0.29, 0.717) is 12.5 Å². The molecule has 3 N–H and O–H groups in total. The highest BCUT2D eigenvalue weighted by Gasteiger charge is 2.17. The number of nitrogens with zero attached hydrogens (tertiary/aromatic N) is 2. The summed E-state index contributed by atoms with van der Waals surface area (Å²) < 4.78 is 14.8. The number of amides is 1. The highest BCUT2D eigenvalue weighted by atomic mass is 19.1. The molecule has 0 saturated carbocycles. The average Bonchev–Trinajstić information content (AvgIpc) is 3.04. The molecule has 1 aromatic carbocycles. The zero-order valence-corrected chi connectivity index (χ0v) is 13.5. The van der Waals surface area contributed by atoms with Crippen molar-refractivity contribution in [3.8, 4) is 0 Å². The van der Waals surface area contributed by atoms with Crippen LogP contribution in [0.2, 0.25) is 0 Å². The van der Waals surface area contributed by atoms with Gasteiger partial charge in [0.15, 0.2) is 0 Å². The lowest BCUT2D eigenvalue weighted by Crippen LogP contribution is -2.38. The lowest BCUT2D eigenvalue weighted by atomic mass is 10.1. The zero-order valence-electron chi connectivity index (χ0n) is 13.5. The molecular weight excluding hydrogens is 309 g/mol. The van der Waals surface area contributed by atoms with Gasteiger partial charge >= 0.3 is 0 Å². The average molecular weight is 331 g/mol. The first-order chi connectivity index (χ1) is 11.7. The van der Waals surface area contributed by atoms with Crippen LogP contribution in [0, 0.1) is 11.7 Å². The van der Waals surface area contributed by atoms with E-state index in [9.17, 15) is 9.18 Å². The molecule has 3 rings (SSSR count). The predicted octanol–water partition coefficient (Wildman–Crippen LogP) is 1.01. The molecule has 1 aliphatic heterocycles. The van der Waals surface area contributed by atoms with Crippen LogP contribution in [0.15, 0.2) is 36.5 Å². The molecule has 2 heterocycles. The Hall–Kier alpha value is -2.41. The zero-order chi connectivity index (χ0) is 16.8. The molecule has 2 aromatic rings. The fourth-order valence-corrected chi connectivity index (χ4v) is 2.77. The van der Waals surface area contributed by atoms with Gasteiger partial charge in [-0.15, -0.1) is 0 Å². The minimum absolute atomic E-state index is 0.0519. The van der Waals surface area contributed by atoms with E-state index in [0.717, 1.165) is 37.6 Å². The van der Waals surface area contributed by atoms with Crippen molar-refractivity contribution in [1.29, 1.82) is 0 Å². The summed E-state index contributed by atoms with van der Waals surface area (Å²) in [5, 5.41) is 13.8. The topological polar surface area (TPSA) is 71.0 Å². The summed E-state index contributed by atoms with van der Waals surface area (Å²) in [6.45, 7) is 4.00. The Labute approximate surface area is 140 Å². The smallest absolute Gasteiger partial charge is 0.224 e. The van der Waals surface area contributed by atoms with Crippen molar-refractivity contribution in [1.82, 2.24) is 20.4 Å². The van der Waals surface area contributed by atoms with Gasteiger partial charge in [0.1, 0.15) is 11.6 Å². The van der Waals surface area contributed by atoms with E-state index in [1.165, 1.54) is 12.1 Å². The Bertz CT molecular complexity index is 670. The monoisotopic (exact) mass is 331 g/mol. The van der Waals surface area contributed by atoms with Crippen LogP contribution in [0.1, 0.15) is 5.56 Å². The summed E-state index contributed by atoms with van der Waals surface area (Å²) in [5.41, 5.74) is 0.810. The van der Waals surface area contributed by atoms with Gasteiger partial charge in [-0.3, -0.25) is 4.79 Å². The summed E-state index contributed by atoms with van der Waals surface area (Å²) in [7, 11) is 0. The summed E-state index contributed by atoms with van der Waals surface area (Å²) in [4.78, 5) is 11.8. The van der Waals surface area contributed by atoms with Crippen molar-refractivity contribution in [3.05, 3.63) is 47.9 Å². The maximum atomic E-state index is 12.8. The highest BCUT2D eigenvalue weighted by Crippen LogP contribution is 2.15. The van der Waals surface area contributed by atoms with Crippen LogP contribution in [0.5, 0.6) is 0 Å². The lowest BCUT2D eigenvalue weighted by molar-refractivity contribution is -0.120. The molecule has 0 bridgehead atoms. The van der Waals surface area contributed by atoms with Crippen LogP contribution in [0.3, 0.4) is 0 Å². The van der Waals surface area contributed by atoms with Crippen molar-refractivity contribution in [2.24, 2.45) is 5.92 Å². The molecule has 6 nitrogen and oxygen atoms in total. The summed E-state index contributed by atoms with van der Waals surface area (Å²) in [6, 6.07) is 7.97. The van der Waals surface area contributed by atoms with Gasteiger partial charge < -0.3 is 16.0 Å². The number of aromatic nitrogens is 2. The van der Waals surface area contributed by atoms with Crippen molar-refractivity contribution >= 4 is 11.7 Å². The van der Waals surface area contributed by atoms with E-state index in [-0.39, 0.29) is 18.1 Å². The largest absolute Gasteiger partial charge is 0.370 e. The third-order valence-electron chi connectivity index (χ3n) is 4.05. The number of carbonyl (C=O) groups is 1. The highest BCUT2D eigenvalue weighted by molar-refractivity contribution is 5.78. The van der Waals surface area contributed by atoms with Crippen LogP contribution in [-0.2, 0) is 17.8 Å². The van der Waals surface area contributed by atoms with E-state index >= 15 is 0 Å². The predicted molar refractivity (Wildman–Crippen MR) is 90.2 cm³/mol. The van der Waals surface area contributed by atoms with Crippen molar-refractivity contribution < 1.29 is 9.18 Å². The second-order valence-electron chi connectivity index (χ2n) is 6.00. The number of fused-ring (bicyclic) bond motifs is 1. The van der Waals surface area contributed by atoms with Gasteiger partial charge in [0.05, 0.1) is 12.6 Å². The van der Waals surface area contributed by atoms with Gasteiger partial charge in [-0.25, -0.2) is 9.07 Å². The molecule has 0 aliphatic carbocycles. The summed E-state index contributed by atoms with van der Waals surface area (Å²) >= 11 is 0. The first-order valence-corrected chi connectivity index (χ1v) is 8.18. The van der Waals surface area contributed by atoms with Crippen molar-refractivity contribution in [2.75, 3.05) is 31.5 Å². The van der Waals surface area contributed by atoms with Gasteiger partial charge in [0.25, 0.3) is 0 Å². The number of benzene rings is 1. The number of hydrogen-bond acceptors (Lipinski definition) is 4. The summed E-state index contributed by atoms with van der Waals surface area (Å²) in [5.74, 6) is 1.21. The van der Waals surface area contributed by atoms with Gasteiger partial charge in [-0.1, -0.05) is 12.1 Å². The van der Waals surface area contributed by atoms with Crippen molar-refractivity contribution in [2.45, 2.75) is 13.0 Å². The molecule has 0 saturated heterocycles. The number of halogens is 1. The Morgan fingerprint density at radius 1 is 1.29 bits per heavy atom. The normalized spacial score (nSPS) is 16.3. The third-order valence-corrected chi connectivity index (χ3v) is 4.05. The standard InChI is InChI=1S/C17H22FN5O/c18-15-3-1-13(2-4-15)9-17(24)20-8-7-19-10-14-11-21-16-5-6-22-23(16)12-14/h1-6,14,19,21H,7-12H2,(H,20,24). The van der Waals surface area contributed by atoms with Crippen LogP contribution >= 0.6 is 0 Å². The number of rotatable bonds is 7. The molecule has 1 unspecified atom stereocenters. The first-order valence-electron chi connectivity index (χ1n) is 8.18. The minimum Gasteiger partial charge on any atom is -0.370 e. The molecule has 24 heavy (non-hydrogen) atoms. The molecule has 0 radical (unpaired) electrons. The molecule has 128 valence electrons. The quantitative estimate of drug-likeness (QED) is 0.662. The van der Waals surface area contributed by atoms with Crippen LogP contribution in [0.4, 0.5) is 10.2 Å². The van der Waals surface area contributed by atoms with Gasteiger partial charge in [0.2, 0.25) is 5.91 Å². The SMILES string of the molecule is O=C(Cc1ccc(F)cc1)NCCNCC1CNc2ccnn2C1. The Balaban J connectivity index is 1.29. The Morgan fingerprint density at radius 2 is 2.12 bits per heavy atom. The maximum Gasteiger partial charge on any atom is 0.224 e. The molecule has 1 aliphatic rings. The second kappa shape index (κ2) is 7.92. The van der Waals surface area contributed by atoms with Gasteiger partial charge in [-0.2, -0.15) is 5.10 Å². The molecule has 7 heteroatoms. The summed E-state index contributed by atoms with van der Waals surface area (Å²) in [6.07, 6.45) is 2.07. The molecule has 0 spiro atoms. The number of nitrogens with one attached hydrogen (secondary N) is 3. The first kappa shape index (κ1) is 16.4. The van der Waals surface area contributed by atoms with E-state index < -0.39 is 0 Å². The van der Waals surface area contributed by atoms with Crippen LogP contribution in [0.25, 0.3) is 0 Å². The number of anilines is 1. The molecule has 1 aromatic heterocycles. The van der Waals surface area contributed by atoms with E-state index in [1.54, 1.807) is 18.3 Å². The fraction of sp³-hybridized carbons (Fsp3) is 0.412. The van der Waals surface area contributed by atoms with Gasteiger partial charge in [0, 0.05) is 44.7 Å².